The van der Waals surface area contributed by atoms with Gasteiger partial charge in [0.1, 0.15) is 0 Å². The molecule has 0 aliphatic heterocycles. The van der Waals surface area contributed by atoms with Gasteiger partial charge in [0, 0.05) is 18.7 Å². The molecule has 0 aromatic carbocycles. The Bertz CT molecular complexity index is 251. The molecule has 1 amide bonds. The molecule has 4 nitrogen and oxygen atoms in total. The zero-order chi connectivity index (χ0) is 11.8. The van der Waals surface area contributed by atoms with E-state index in [9.17, 15) is 9.59 Å². The zero-order valence-corrected chi connectivity index (χ0v) is 10.1. The van der Waals surface area contributed by atoms with Gasteiger partial charge in [-0.15, -0.1) is 11.8 Å². The summed E-state index contributed by atoms with van der Waals surface area (Å²) in [6, 6.07) is 0.0170. The first-order valence-corrected chi connectivity index (χ1v) is 5.99. The molecule has 0 spiro atoms. The second-order valence-corrected chi connectivity index (χ2v) is 4.05. The predicted molar refractivity (Wildman–Crippen MR) is 61.8 cm³/mol. The number of carboxylic acids is 1. The van der Waals surface area contributed by atoms with Gasteiger partial charge < -0.3 is 10.0 Å². The molecule has 86 valence electrons. The summed E-state index contributed by atoms with van der Waals surface area (Å²) in [5.41, 5.74) is 0. The van der Waals surface area contributed by atoms with Gasteiger partial charge in [-0.25, -0.2) is 0 Å². The van der Waals surface area contributed by atoms with Gasteiger partial charge in [0.25, 0.3) is 0 Å². The van der Waals surface area contributed by atoms with E-state index in [0.717, 1.165) is 0 Å². The van der Waals surface area contributed by atoms with Crippen LogP contribution in [0.1, 0.15) is 20.3 Å². The molecule has 0 rings (SSSR count). The lowest BCUT2D eigenvalue weighted by atomic mass is 10.2. The van der Waals surface area contributed by atoms with E-state index in [2.05, 4.69) is 0 Å². The lowest BCUT2D eigenvalue weighted by molar-refractivity contribution is -0.138. The maximum Gasteiger partial charge on any atom is 0.305 e. The Morgan fingerprint density at radius 3 is 2.47 bits per heavy atom. The number of amides is 1. The van der Waals surface area contributed by atoms with Crippen molar-refractivity contribution in [3.63, 3.8) is 0 Å². The number of hydrogen-bond donors (Lipinski definition) is 1. The normalized spacial score (nSPS) is 10.9. The molecule has 5 heteroatoms. The smallest absolute Gasteiger partial charge is 0.305 e. The van der Waals surface area contributed by atoms with E-state index < -0.39 is 5.97 Å². The summed E-state index contributed by atoms with van der Waals surface area (Å²) in [5, 5.41) is 10.2. The van der Waals surface area contributed by atoms with Crippen molar-refractivity contribution in [3.05, 3.63) is 11.5 Å². The first kappa shape index (κ1) is 14.0. The van der Waals surface area contributed by atoms with Crippen LogP contribution in [0, 0.1) is 0 Å². The molecule has 0 radical (unpaired) electrons. The molecular formula is C10H17NO3S. The Kier molecular flexibility index (Phi) is 6.86. The Labute approximate surface area is 94.3 Å². The highest BCUT2D eigenvalue weighted by Crippen LogP contribution is 2.03. The van der Waals surface area contributed by atoms with Crippen LogP contribution in [0.15, 0.2) is 11.5 Å². The van der Waals surface area contributed by atoms with Crippen molar-refractivity contribution in [1.82, 2.24) is 4.90 Å². The number of carbonyl (C=O) groups is 2. The third-order valence-electron chi connectivity index (χ3n) is 1.82. The summed E-state index contributed by atoms with van der Waals surface area (Å²) < 4.78 is 0. The maximum atomic E-state index is 11.6. The van der Waals surface area contributed by atoms with Crippen molar-refractivity contribution in [2.75, 3.05) is 12.8 Å². The van der Waals surface area contributed by atoms with Crippen LogP contribution >= 0.6 is 11.8 Å². The van der Waals surface area contributed by atoms with Gasteiger partial charge in [0.05, 0.1) is 6.42 Å². The molecule has 1 N–H and O–H groups in total. The van der Waals surface area contributed by atoms with Gasteiger partial charge in [0.15, 0.2) is 0 Å². The van der Waals surface area contributed by atoms with E-state index in [4.69, 9.17) is 5.11 Å². The van der Waals surface area contributed by atoms with E-state index in [1.807, 2.05) is 20.1 Å². The van der Waals surface area contributed by atoms with Gasteiger partial charge in [-0.2, -0.15) is 0 Å². The molecule has 0 aliphatic rings. The zero-order valence-electron chi connectivity index (χ0n) is 9.27. The average Bonchev–Trinajstić information content (AvgIpc) is 2.13. The molecule has 0 saturated carbocycles. The van der Waals surface area contributed by atoms with Gasteiger partial charge in [-0.3, -0.25) is 9.59 Å². The lowest BCUT2D eigenvalue weighted by Gasteiger charge is -2.24. The maximum absolute atomic E-state index is 11.6. The average molecular weight is 231 g/mol. The van der Waals surface area contributed by atoms with Crippen LogP contribution in [0.4, 0.5) is 0 Å². The van der Waals surface area contributed by atoms with E-state index >= 15 is 0 Å². The van der Waals surface area contributed by atoms with Crippen LogP contribution in [0.2, 0.25) is 0 Å². The fourth-order valence-corrected chi connectivity index (χ4v) is 1.31. The monoisotopic (exact) mass is 231 g/mol. The number of nitrogens with zero attached hydrogens (tertiary/aromatic N) is 1. The molecule has 0 aromatic heterocycles. The standard InChI is InChI=1S/C10H17NO3S/c1-8(2)11(6-4-10(13)14)9(12)5-7-15-3/h5,7-8H,4,6H2,1-3H3,(H,13,14)/b7-5+. The molecule has 0 fully saturated rings. The topological polar surface area (TPSA) is 57.6 Å². The third-order valence-corrected chi connectivity index (χ3v) is 2.23. The van der Waals surface area contributed by atoms with Crippen molar-refractivity contribution >= 4 is 23.6 Å². The van der Waals surface area contributed by atoms with E-state index in [-0.39, 0.29) is 24.9 Å². The van der Waals surface area contributed by atoms with Crippen molar-refractivity contribution in [3.8, 4) is 0 Å². The molecule has 0 unspecified atom stereocenters. The van der Waals surface area contributed by atoms with Crippen LogP contribution in [0.5, 0.6) is 0 Å². The van der Waals surface area contributed by atoms with E-state index in [0.29, 0.717) is 0 Å². The fourth-order valence-electron chi connectivity index (χ4n) is 1.06. The van der Waals surface area contributed by atoms with Crippen LogP contribution < -0.4 is 0 Å². The number of aliphatic carboxylic acids is 1. The molecular weight excluding hydrogens is 214 g/mol. The number of thioether (sulfide) groups is 1. The molecule has 0 aliphatic carbocycles. The summed E-state index contributed by atoms with van der Waals surface area (Å²) >= 11 is 1.44. The Hall–Kier alpha value is -0.970. The molecule has 0 heterocycles. The third kappa shape index (κ3) is 6.17. The fraction of sp³-hybridized carbons (Fsp3) is 0.600. The largest absolute Gasteiger partial charge is 0.481 e. The minimum atomic E-state index is -0.887. The summed E-state index contributed by atoms with van der Waals surface area (Å²) in [6.07, 6.45) is 3.31. The Morgan fingerprint density at radius 1 is 1.47 bits per heavy atom. The van der Waals surface area contributed by atoms with Crippen molar-refractivity contribution in [1.29, 1.82) is 0 Å². The lowest BCUT2D eigenvalue weighted by Crippen LogP contribution is -2.37. The SMILES string of the molecule is CS/C=C/C(=O)N(CCC(=O)O)C(C)C. The Morgan fingerprint density at radius 2 is 2.07 bits per heavy atom. The number of hydrogen-bond acceptors (Lipinski definition) is 3. The minimum absolute atomic E-state index is 0.0168. The quantitative estimate of drug-likeness (QED) is 0.705. The van der Waals surface area contributed by atoms with Crippen LogP contribution in [0.25, 0.3) is 0 Å². The summed E-state index contributed by atoms with van der Waals surface area (Å²) in [4.78, 5) is 23.5. The van der Waals surface area contributed by atoms with Crippen LogP contribution in [-0.2, 0) is 9.59 Å². The summed E-state index contributed by atoms with van der Waals surface area (Å²) in [6.45, 7) is 3.99. The molecule has 15 heavy (non-hydrogen) atoms. The second kappa shape index (κ2) is 7.34. The van der Waals surface area contributed by atoms with E-state index in [1.165, 1.54) is 17.8 Å². The summed E-state index contributed by atoms with van der Waals surface area (Å²) in [7, 11) is 0. The highest BCUT2D eigenvalue weighted by atomic mass is 32.2. The first-order chi connectivity index (χ1) is 6.99. The van der Waals surface area contributed by atoms with Crippen molar-refractivity contribution in [2.45, 2.75) is 26.3 Å². The number of carbonyl (C=O) groups excluding carboxylic acids is 1. The Balaban J connectivity index is 4.32. The van der Waals surface area contributed by atoms with E-state index in [1.54, 1.807) is 10.3 Å². The molecule has 0 bridgehead atoms. The van der Waals surface area contributed by atoms with Gasteiger partial charge in [-0.1, -0.05) is 0 Å². The second-order valence-electron chi connectivity index (χ2n) is 3.31. The van der Waals surface area contributed by atoms with Crippen molar-refractivity contribution in [2.24, 2.45) is 0 Å². The highest BCUT2D eigenvalue weighted by molar-refractivity contribution is 8.01. The van der Waals surface area contributed by atoms with Gasteiger partial charge in [-0.05, 0) is 25.5 Å². The predicted octanol–water partition coefficient (Wildman–Crippen LogP) is 1.57. The van der Waals surface area contributed by atoms with Gasteiger partial charge in [0.2, 0.25) is 5.91 Å². The minimum Gasteiger partial charge on any atom is -0.481 e. The molecule has 0 saturated heterocycles. The number of carboxylic acid groups (broad SMARTS) is 1. The molecule has 0 aromatic rings. The van der Waals surface area contributed by atoms with Crippen LogP contribution in [0.3, 0.4) is 0 Å². The highest BCUT2D eigenvalue weighted by Gasteiger charge is 2.15. The van der Waals surface area contributed by atoms with Crippen LogP contribution in [-0.4, -0.2) is 40.7 Å². The first-order valence-electron chi connectivity index (χ1n) is 4.70. The summed E-state index contributed by atoms with van der Waals surface area (Å²) in [5.74, 6) is -1.03. The van der Waals surface area contributed by atoms with Gasteiger partial charge >= 0.3 is 5.97 Å². The van der Waals surface area contributed by atoms with Crippen molar-refractivity contribution < 1.29 is 14.7 Å². The number of rotatable bonds is 6. The molecule has 0 atom stereocenters.